The molecular weight excluding hydrogens is 309 g/mol. The molecule has 19 heavy (non-hydrogen) atoms. The summed E-state index contributed by atoms with van der Waals surface area (Å²) in [6, 6.07) is 3.54. The summed E-state index contributed by atoms with van der Waals surface area (Å²) in [4.78, 5) is -0.450. The van der Waals surface area contributed by atoms with Gasteiger partial charge in [-0.15, -0.1) is 0 Å². The Morgan fingerprint density at radius 3 is 2.53 bits per heavy atom. The smallest absolute Gasteiger partial charge is 0.398 e. The zero-order valence-electron chi connectivity index (χ0n) is 9.28. The highest BCUT2D eigenvalue weighted by atomic mass is 35.5. The van der Waals surface area contributed by atoms with Crippen molar-refractivity contribution < 1.29 is 26.7 Å². The van der Waals surface area contributed by atoms with Gasteiger partial charge >= 0.3 is 6.18 Å². The summed E-state index contributed by atoms with van der Waals surface area (Å²) >= 11 is 5.58. The fourth-order valence-corrected chi connectivity index (χ4v) is 2.55. The molecule has 1 atom stereocenters. The van der Waals surface area contributed by atoms with Gasteiger partial charge < -0.3 is 10.8 Å². The molecule has 4 N–H and O–H groups in total. The minimum atomic E-state index is -4.91. The summed E-state index contributed by atoms with van der Waals surface area (Å²) in [6.07, 6.45) is -7.72. The number of hydrogen-bond donors (Lipinski definition) is 3. The third-order valence-corrected chi connectivity index (χ3v) is 3.82. The van der Waals surface area contributed by atoms with E-state index in [1.807, 2.05) is 0 Å². The predicted molar refractivity (Wildman–Crippen MR) is 63.1 cm³/mol. The molecule has 0 saturated heterocycles. The number of alkyl halides is 3. The maximum absolute atomic E-state index is 12.0. The van der Waals surface area contributed by atoms with Gasteiger partial charge in [0.2, 0.25) is 10.0 Å². The molecule has 0 aliphatic heterocycles. The van der Waals surface area contributed by atoms with Crippen LogP contribution in [-0.4, -0.2) is 32.3 Å². The number of benzene rings is 1. The minimum absolute atomic E-state index is 0.0611. The summed E-state index contributed by atoms with van der Waals surface area (Å²) in [5, 5.41) is 8.77. The van der Waals surface area contributed by atoms with Gasteiger partial charge in [0.15, 0.2) is 6.10 Å². The molecule has 0 aromatic heterocycles. The molecule has 1 aromatic rings. The maximum atomic E-state index is 12.0. The predicted octanol–water partition coefficient (Wildman–Crippen LogP) is 1.12. The largest absolute Gasteiger partial charge is 0.415 e. The van der Waals surface area contributed by atoms with Crippen LogP contribution in [0.3, 0.4) is 0 Å². The molecule has 0 bridgehead atoms. The number of nitrogens with two attached hydrogens (primary N) is 1. The van der Waals surface area contributed by atoms with Crippen LogP contribution >= 0.6 is 11.6 Å². The van der Waals surface area contributed by atoms with Crippen molar-refractivity contribution in [3.63, 3.8) is 0 Å². The Labute approximate surface area is 112 Å². The summed E-state index contributed by atoms with van der Waals surface area (Å²) in [7, 11) is -4.29. The second-order valence-corrected chi connectivity index (χ2v) is 5.76. The van der Waals surface area contributed by atoms with Gasteiger partial charge in [-0.3, -0.25) is 0 Å². The van der Waals surface area contributed by atoms with Crippen molar-refractivity contribution in [2.24, 2.45) is 0 Å². The number of aliphatic hydroxyl groups is 1. The molecule has 0 aliphatic rings. The van der Waals surface area contributed by atoms with Crippen molar-refractivity contribution >= 4 is 27.3 Å². The Hall–Kier alpha value is -1.03. The molecule has 5 nitrogen and oxygen atoms in total. The third kappa shape index (κ3) is 4.23. The van der Waals surface area contributed by atoms with Gasteiger partial charge in [0, 0.05) is 11.6 Å². The van der Waals surface area contributed by atoms with Crippen molar-refractivity contribution in [3.8, 4) is 0 Å². The highest BCUT2D eigenvalue weighted by Gasteiger charge is 2.38. The quantitative estimate of drug-likeness (QED) is 0.725. The first kappa shape index (κ1) is 16.0. The highest BCUT2D eigenvalue weighted by Crippen LogP contribution is 2.23. The number of hydrogen-bond acceptors (Lipinski definition) is 4. The van der Waals surface area contributed by atoms with Crippen LogP contribution < -0.4 is 10.5 Å². The van der Waals surface area contributed by atoms with Crippen LogP contribution in [-0.2, 0) is 10.0 Å². The average molecular weight is 319 g/mol. The second-order valence-electron chi connectivity index (χ2n) is 3.59. The van der Waals surface area contributed by atoms with E-state index in [0.29, 0.717) is 0 Å². The van der Waals surface area contributed by atoms with Crippen LogP contribution in [0.1, 0.15) is 0 Å². The van der Waals surface area contributed by atoms with E-state index in [1.165, 1.54) is 12.1 Å². The van der Waals surface area contributed by atoms with Crippen LogP contribution in [0.25, 0.3) is 0 Å². The lowest BCUT2D eigenvalue weighted by Crippen LogP contribution is -2.40. The first-order valence-corrected chi connectivity index (χ1v) is 6.69. The molecule has 0 spiro atoms. The molecule has 0 amide bonds. The van der Waals surface area contributed by atoms with E-state index in [2.05, 4.69) is 0 Å². The fourth-order valence-electron chi connectivity index (χ4n) is 1.12. The van der Waals surface area contributed by atoms with Gasteiger partial charge in [0.1, 0.15) is 4.90 Å². The number of nitrogen functional groups attached to an aromatic ring is 1. The molecule has 1 rings (SSSR count). The van der Waals surface area contributed by atoms with Crippen molar-refractivity contribution in [2.75, 3.05) is 12.3 Å². The molecule has 1 aromatic carbocycles. The molecule has 0 heterocycles. The van der Waals surface area contributed by atoms with E-state index in [0.717, 1.165) is 6.07 Å². The van der Waals surface area contributed by atoms with Crippen molar-refractivity contribution in [1.29, 1.82) is 0 Å². The lowest BCUT2D eigenvalue weighted by atomic mass is 10.3. The number of nitrogens with one attached hydrogen (secondary N) is 1. The van der Waals surface area contributed by atoms with E-state index >= 15 is 0 Å². The first-order chi connectivity index (χ1) is 8.54. The van der Waals surface area contributed by atoms with Crippen LogP contribution in [0, 0.1) is 0 Å². The standard InChI is InChI=1S/C9H10ClF3N2O3S/c10-5-1-2-6(14)7(3-5)19(17,18)15-4-8(16)9(11,12)13/h1-3,8,15-16H,4,14H2. The summed E-state index contributed by atoms with van der Waals surface area (Å²) in [5.41, 5.74) is 5.24. The minimum Gasteiger partial charge on any atom is -0.398 e. The zero-order chi connectivity index (χ0) is 14.8. The zero-order valence-corrected chi connectivity index (χ0v) is 10.9. The van der Waals surface area contributed by atoms with E-state index in [9.17, 15) is 21.6 Å². The number of halogens is 4. The molecule has 1 unspecified atom stereocenters. The Morgan fingerprint density at radius 2 is 2.00 bits per heavy atom. The van der Waals surface area contributed by atoms with Crippen LogP contribution in [0.2, 0.25) is 5.02 Å². The number of anilines is 1. The topological polar surface area (TPSA) is 92.4 Å². The second kappa shape index (κ2) is 5.53. The number of sulfonamides is 1. The monoisotopic (exact) mass is 318 g/mol. The van der Waals surface area contributed by atoms with Crippen LogP contribution in [0.5, 0.6) is 0 Å². The van der Waals surface area contributed by atoms with Crippen LogP contribution in [0.15, 0.2) is 23.1 Å². The summed E-state index contributed by atoms with van der Waals surface area (Å²) in [6.45, 7) is -1.21. The van der Waals surface area contributed by atoms with Gasteiger partial charge in [0.25, 0.3) is 0 Å². The first-order valence-electron chi connectivity index (χ1n) is 4.83. The van der Waals surface area contributed by atoms with Gasteiger partial charge in [-0.1, -0.05) is 11.6 Å². The van der Waals surface area contributed by atoms with Gasteiger partial charge in [-0.2, -0.15) is 13.2 Å². The SMILES string of the molecule is Nc1ccc(Cl)cc1S(=O)(=O)NCC(O)C(F)(F)F. The van der Waals surface area contributed by atoms with Gasteiger partial charge in [0.05, 0.1) is 5.69 Å². The van der Waals surface area contributed by atoms with Gasteiger partial charge in [-0.05, 0) is 18.2 Å². The molecule has 0 fully saturated rings. The van der Waals surface area contributed by atoms with E-state index in [4.69, 9.17) is 22.4 Å². The lowest BCUT2D eigenvalue weighted by molar-refractivity contribution is -0.200. The molecule has 10 heteroatoms. The van der Waals surface area contributed by atoms with Crippen molar-refractivity contribution in [2.45, 2.75) is 17.2 Å². The van der Waals surface area contributed by atoms with Gasteiger partial charge in [-0.25, -0.2) is 13.1 Å². The summed E-state index contributed by atoms with van der Waals surface area (Å²) < 4.78 is 61.1. The van der Waals surface area contributed by atoms with Crippen molar-refractivity contribution in [3.05, 3.63) is 23.2 Å². The Bertz CT molecular complexity index is 562. The van der Waals surface area contributed by atoms with Crippen molar-refractivity contribution in [1.82, 2.24) is 4.72 Å². The Balaban J connectivity index is 2.91. The fraction of sp³-hybridized carbons (Fsp3) is 0.333. The Morgan fingerprint density at radius 1 is 1.42 bits per heavy atom. The maximum Gasteiger partial charge on any atom is 0.415 e. The normalized spacial score (nSPS) is 14.4. The lowest BCUT2D eigenvalue weighted by Gasteiger charge is -2.15. The molecule has 0 aliphatic carbocycles. The Kier molecular flexibility index (Phi) is 4.67. The number of rotatable bonds is 4. The highest BCUT2D eigenvalue weighted by molar-refractivity contribution is 7.89. The molecule has 108 valence electrons. The molecular formula is C9H10ClF3N2O3S. The summed E-state index contributed by atoms with van der Waals surface area (Å²) in [5.74, 6) is 0. The number of aliphatic hydroxyl groups excluding tert-OH is 1. The molecule has 0 radical (unpaired) electrons. The van der Waals surface area contributed by atoms with E-state index < -0.39 is 33.7 Å². The van der Waals surface area contributed by atoms with E-state index in [-0.39, 0.29) is 10.7 Å². The molecule has 0 saturated carbocycles. The van der Waals surface area contributed by atoms with Crippen LogP contribution in [0.4, 0.5) is 18.9 Å². The average Bonchev–Trinajstić information content (AvgIpc) is 2.28. The van der Waals surface area contributed by atoms with E-state index in [1.54, 1.807) is 4.72 Å². The third-order valence-electron chi connectivity index (χ3n) is 2.11.